The molecule has 2 aliphatic heterocycles. The van der Waals surface area contributed by atoms with Crippen LogP contribution in [-0.2, 0) is 16.6 Å². The molecule has 0 spiro atoms. The van der Waals surface area contributed by atoms with Crippen molar-refractivity contribution in [3.63, 3.8) is 0 Å². The average Bonchev–Trinajstić information content (AvgIpc) is 3.40. The van der Waals surface area contributed by atoms with E-state index in [0.29, 0.717) is 13.1 Å². The molecule has 10 heteroatoms. The number of aryl methyl sites for hydroxylation is 1. The first-order chi connectivity index (χ1) is 14.8. The van der Waals surface area contributed by atoms with Crippen LogP contribution < -0.4 is 9.62 Å². The maximum Gasteiger partial charge on any atom is 0.344 e. The first kappa shape index (κ1) is 21.6. The lowest BCUT2D eigenvalue weighted by molar-refractivity contribution is 0.134. The van der Waals surface area contributed by atoms with Crippen molar-refractivity contribution in [2.45, 2.75) is 26.3 Å². The SMILES string of the molecule is Cc1ccc(CN2CCN(C(=O)n3ccc(NS(C)(=O)=O)n3)CC2)c(N2CCCC2)c1. The Hall–Kier alpha value is -2.59. The van der Waals surface area contributed by atoms with Gasteiger partial charge in [0.25, 0.3) is 0 Å². The van der Waals surface area contributed by atoms with Gasteiger partial charge >= 0.3 is 6.03 Å². The van der Waals surface area contributed by atoms with Crippen LogP contribution >= 0.6 is 0 Å². The van der Waals surface area contributed by atoms with E-state index in [1.165, 1.54) is 46.6 Å². The van der Waals surface area contributed by atoms with Crippen molar-refractivity contribution >= 4 is 27.6 Å². The summed E-state index contributed by atoms with van der Waals surface area (Å²) in [5.41, 5.74) is 3.97. The quantitative estimate of drug-likeness (QED) is 0.755. The normalized spacial score (nSPS) is 17.9. The first-order valence-electron chi connectivity index (χ1n) is 10.7. The summed E-state index contributed by atoms with van der Waals surface area (Å²) in [7, 11) is -3.42. The number of carbonyl (C=O) groups is 1. The van der Waals surface area contributed by atoms with Crippen LogP contribution in [-0.4, -0.2) is 79.6 Å². The monoisotopic (exact) mass is 446 g/mol. The van der Waals surface area contributed by atoms with Crippen molar-refractivity contribution in [2.75, 3.05) is 55.1 Å². The summed E-state index contributed by atoms with van der Waals surface area (Å²) in [4.78, 5) is 19.4. The Morgan fingerprint density at radius 1 is 1.06 bits per heavy atom. The molecule has 3 heterocycles. The second-order valence-corrected chi connectivity index (χ2v) is 10.1. The highest BCUT2D eigenvalue weighted by Gasteiger charge is 2.24. The molecule has 1 aromatic heterocycles. The van der Waals surface area contributed by atoms with Crippen molar-refractivity contribution in [3.8, 4) is 0 Å². The van der Waals surface area contributed by atoms with Crippen LogP contribution in [0, 0.1) is 6.92 Å². The third kappa shape index (κ3) is 5.37. The summed E-state index contributed by atoms with van der Waals surface area (Å²) < 4.78 is 26.1. The molecule has 2 saturated heterocycles. The highest BCUT2D eigenvalue weighted by molar-refractivity contribution is 7.92. The molecular weight excluding hydrogens is 416 g/mol. The van der Waals surface area contributed by atoms with E-state index in [2.05, 4.69) is 44.7 Å². The molecule has 0 bridgehead atoms. The molecule has 2 fully saturated rings. The van der Waals surface area contributed by atoms with Crippen molar-refractivity contribution in [2.24, 2.45) is 0 Å². The number of nitrogens with one attached hydrogen (secondary N) is 1. The number of hydrogen-bond donors (Lipinski definition) is 1. The highest BCUT2D eigenvalue weighted by Crippen LogP contribution is 2.27. The number of benzene rings is 1. The summed E-state index contributed by atoms with van der Waals surface area (Å²) in [5.74, 6) is 0.142. The van der Waals surface area contributed by atoms with Crippen LogP contribution in [0.4, 0.5) is 16.3 Å². The van der Waals surface area contributed by atoms with Crippen molar-refractivity contribution in [3.05, 3.63) is 41.6 Å². The van der Waals surface area contributed by atoms with Crippen molar-refractivity contribution in [1.82, 2.24) is 19.6 Å². The van der Waals surface area contributed by atoms with Crippen LogP contribution in [0.5, 0.6) is 0 Å². The van der Waals surface area contributed by atoms with Gasteiger partial charge in [-0.2, -0.15) is 4.68 Å². The molecule has 1 amide bonds. The van der Waals surface area contributed by atoms with Crippen LogP contribution in [0.15, 0.2) is 30.5 Å². The topological polar surface area (TPSA) is 90.8 Å². The maximum atomic E-state index is 12.7. The molecule has 168 valence electrons. The predicted molar refractivity (Wildman–Crippen MR) is 121 cm³/mol. The van der Waals surface area contributed by atoms with Gasteiger partial charge in [0.2, 0.25) is 10.0 Å². The van der Waals surface area contributed by atoms with E-state index in [9.17, 15) is 13.2 Å². The van der Waals surface area contributed by atoms with Gasteiger partial charge in [0, 0.05) is 63.8 Å². The number of sulfonamides is 1. The van der Waals surface area contributed by atoms with Gasteiger partial charge in [0.15, 0.2) is 5.82 Å². The van der Waals surface area contributed by atoms with E-state index in [1.807, 2.05) is 0 Å². The Labute approximate surface area is 183 Å². The summed E-state index contributed by atoms with van der Waals surface area (Å²) in [5, 5.41) is 4.04. The van der Waals surface area contributed by atoms with Crippen LogP contribution in [0.2, 0.25) is 0 Å². The molecule has 0 aliphatic carbocycles. The third-order valence-corrected chi connectivity index (χ3v) is 6.38. The van der Waals surface area contributed by atoms with Crippen LogP contribution in [0.1, 0.15) is 24.0 Å². The van der Waals surface area contributed by atoms with E-state index < -0.39 is 10.0 Å². The molecule has 0 radical (unpaired) electrons. The van der Waals surface area contributed by atoms with E-state index in [-0.39, 0.29) is 11.8 Å². The molecule has 31 heavy (non-hydrogen) atoms. The second-order valence-electron chi connectivity index (χ2n) is 8.39. The van der Waals surface area contributed by atoms with Gasteiger partial charge in [-0.3, -0.25) is 9.62 Å². The van der Waals surface area contributed by atoms with E-state index in [0.717, 1.165) is 39.0 Å². The Morgan fingerprint density at radius 3 is 2.45 bits per heavy atom. The molecule has 2 aromatic rings. The number of amides is 1. The number of aromatic nitrogens is 2. The van der Waals surface area contributed by atoms with Gasteiger partial charge in [-0.25, -0.2) is 13.2 Å². The molecule has 4 rings (SSSR count). The highest BCUT2D eigenvalue weighted by atomic mass is 32.2. The largest absolute Gasteiger partial charge is 0.371 e. The summed E-state index contributed by atoms with van der Waals surface area (Å²) in [6.45, 7) is 8.05. The van der Waals surface area contributed by atoms with Gasteiger partial charge in [0.05, 0.1) is 6.26 Å². The molecule has 0 unspecified atom stereocenters. The fourth-order valence-corrected chi connectivity index (χ4v) is 4.71. The third-order valence-electron chi connectivity index (χ3n) is 5.80. The summed E-state index contributed by atoms with van der Waals surface area (Å²) >= 11 is 0. The van der Waals surface area contributed by atoms with Gasteiger partial charge in [-0.15, -0.1) is 5.10 Å². The van der Waals surface area contributed by atoms with Gasteiger partial charge in [0.1, 0.15) is 0 Å². The van der Waals surface area contributed by atoms with Crippen LogP contribution in [0.25, 0.3) is 0 Å². The number of piperazine rings is 1. The lowest BCUT2D eigenvalue weighted by atomic mass is 10.1. The second kappa shape index (κ2) is 8.88. The Morgan fingerprint density at radius 2 is 1.77 bits per heavy atom. The zero-order chi connectivity index (χ0) is 22.0. The van der Waals surface area contributed by atoms with Crippen molar-refractivity contribution < 1.29 is 13.2 Å². The number of rotatable bonds is 5. The maximum absolute atomic E-state index is 12.7. The van der Waals surface area contributed by atoms with E-state index >= 15 is 0 Å². The van der Waals surface area contributed by atoms with Crippen molar-refractivity contribution in [1.29, 1.82) is 0 Å². The zero-order valence-electron chi connectivity index (χ0n) is 18.1. The number of anilines is 2. The zero-order valence-corrected chi connectivity index (χ0v) is 18.9. The average molecular weight is 447 g/mol. The number of hydrogen-bond acceptors (Lipinski definition) is 6. The van der Waals surface area contributed by atoms with E-state index in [4.69, 9.17) is 0 Å². The predicted octanol–water partition coefficient (Wildman–Crippen LogP) is 1.95. The van der Waals surface area contributed by atoms with Crippen LogP contribution in [0.3, 0.4) is 0 Å². The molecular formula is C21H30N6O3S. The minimum absolute atomic E-state index is 0.142. The lowest BCUT2D eigenvalue weighted by Crippen LogP contribution is -2.49. The first-order valence-corrected chi connectivity index (χ1v) is 12.6. The Kier molecular flexibility index (Phi) is 6.19. The Bertz CT molecular complexity index is 1040. The molecule has 0 saturated carbocycles. The molecule has 2 aliphatic rings. The fourth-order valence-electron chi connectivity index (χ4n) is 4.22. The number of nitrogens with zero attached hydrogens (tertiary/aromatic N) is 5. The van der Waals surface area contributed by atoms with Gasteiger partial charge < -0.3 is 9.80 Å². The standard InChI is InChI=1S/C21H30N6O3S/c1-17-5-6-18(19(15-17)25-8-3-4-9-25)16-24-11-13-26(14-12-24)21(28)27-10-7-20(22-27)23-31(2,29)30/h5-7,10,15H,3-4,8-9,11-14,16H2,1-2H3,(H,22,23). The number of carbonyl (C=O) groups excluding carboxylic acids is 1. The van der Waals surface area contributed by atoms with E-state index in [1.54, 1.807) is 4.90 Å². The smallest absolute Gasteiger partial charge is 0.344 e. The molecule has 9 nitrogen and oxygen atoms in total. The lowest BCUT2D eigenvalue weighted by Gasteiger charge is -2.35. The molecule has 1 N–H and O–H groups in total. The van der Waals surface area contributed by atoms with Gasteiger partial charge in [-0.05, 0) is 37.0 Å². The minimum Gasteiger partial charge on any atom is -0.371 e. The summed E-state index contributed by atoms with van der Waals surface area (Å²) in [6, 6.07) is 7.94. The molecule has 1 aromatic carbocycles. The van der Waals surface area contributed by atoms with Gasteiger partial charge in [-0.1, -0.05) is 12.1 Å². The Balaban J connectivity index is 1.36. The minimum atomic E-state index is -3.42. The summed E-state index contributed by atoms with van der Waals surface area (Å²) in [6.07, 6.45) is 5.04. The molecule has 0 atom stereocenters. The fraction of sp³-hybridized carbons (Fsp3) is 0.524.